The summed E-state index contributed by atoms with van der Waals surface area (Å²) in [4.78, 5) is 23.6. The Morgan fingerprint density at radius 3 is 2.39 bits per heavy atom. The summed E-state index contributed by atoms with van der Waals surface area (Å²) in [6.07, 6.45) is 2.15. The first-order chi connectivity index (χ1) is 13.5. The Bertz CT molecular complexity index is 1070. The molecule has 0 N–H and O–H groups in total. The molecule has 0 saturated carbocycles. The standard InChI is InChI=1S/C21H18N2O5/c1-27-20-11-16-18(12-21(20)28-2)22-9-3-4-17(22)15(10-19(16)24)13-5-7-14(8-6-13)23(25)26/h3-9,11-12,15H,10H2,1-2H3/t15-/m1/s1. The topological polar surface area (TPSA) is 83.6 Å². The summed E-state index contributed by atoms with van der Waals surface area (Å²) in [5.41, 5.74) is 3.10. The number of fused-ring (bicyclic) bond motifs is 3. The van der Waals surface area contributed by atoms with Crippen LogP contribution in [0, 0.1) is 10.1 Å². The first-order valence-electron chi connectivity index (χ1n) is 8.74. The third-order valence-electron chi connectivity index (χ3n) is 5.09. The number of hydrogen-bond acceptors (Lipinski definition) is 5. The maximum absolute atomic E-state index is 13.1. The van der Waals surface area contributed by atoms with Gasteiger partial charge < -0.3 is 14.0 Å². The largest absolute Gasteiger partial charge is 0.493 e. The van der Waals surface area contributed by atoms with Crippen molar-refractivity contribution < 1.29 is 19.2 Å². The zero-order chi connectivity index (χ0) is 19.8. The monoisotopic (exact) mass is 378 g/mol. The highest BCUT2D eigenvalue weighted by molar-refractivity contribution is 6.01. The van der Waals surface area contributed by atoms with Crippen LogP contribution in [0.5, 0.6) is 11.5 Å². The molecule has 0 aliphatic carbocycles. The first-order valence-corrected chi connectivity index (χ1v) is 8.74. The molecular weight excluding hydrogens is 360 g/mol. The van der Waals surface area contributed by atoms with Crippen LogP contribution in [0.1, 0.15) is 34.0 Å². The molecule has 0 fully saturated rings. The van der Waals surface area contributed by atoms with E-state index in [2.05, 4.69) is 0 Å². The molecule has 142 valence electrons. The maximum atomic E-state index is 13.1. The lowest BCUT2D eigenvalue weighted by Crippen LogP contribution is -2.07. The van der Waals surface area contributed by atoms with Crippen molar-refractivity contribution in [2.45, 2.75) is 12.3 Å². The van der Waals surface area contributed by atoms with Gasteiger partial charge in [-0.05, 0) is 23.8 Å². The Hall–Kier alpha value is -3.61. The van der Waals surface area contributed by atoms with Gasteiger partial charge in [0, 0.05) is 48.0 Å². The number of non-ortho nitro benzene ring substituents is 1. The molecule has 0 spiro atoms. The molecule has 0 radical (unpaired) electrons. The van der Waals surface area contributed by atoms with Crippen LogP contribution in [-0.4, -0.2) is 29.5 Å². The van der Waals surface area contributed by atoms with Crippen LogP contribution in [0.3, 0.4) is 0 Å². The van der Waals surface area contributed by atoms with Gasteiger partial charge in [-0.2, -0.15) is 0 Å². The third kappa shape index (κ3) is 2.81. The van der Waals surface area contributed by atoms with Gasteiger partial charge in [-0.3, -0.25) is 14.9 Å². The number of rotatable bonds is 4. The van der Waals surface area contributed by atoms with Gasteiger partial charge in [0.15, 0.2) is 17.3 Å². The molecule has 0 amide bonds. The average molecular weight is 378 g/mol. The van der Waals surface area contributed by atoms with Crippen LogP contribution in [0.2, 0.25) is 0 Å². The quantitative estimate of drug-likeness (QED) is 0.504. The van der Waals surface area contributed by atoms with E-state index in [1.807, 2.05) is 22.9 Å². The fourth-order valence-electron chi connectivity index (χ4n) is 3.71. The molecule has 3 aromatic rings. The molecule has 1 aromatic heterocycles. The number of carbonyl (C=O) groups excluding carboxylic acids is 1. The third-order valence-corrected chi connectivity index (χ3v) is 5.09. The van der Waals surface area contributed by atoms with Crippen LogP contribution in [-0.2, 0) is 0 Å². The molecule has 0 bridgehead atoms. The van der Waals surface area contributed by atoms with Gasteiger partial charge in [-0.15, -0.1) is 0 Å². The Morgan fingerprint density at radius 2 is 1.75 bits per heavy atom. The number of methoxy groups -OCH3 is 2. The van der Waals surface area contributed by atoms with E-state index in [-0.39, 0.29) is 23.8 Å². The van der Waals surface area contributed by atoms with Gasteiger partial charge in [0.05, 0.1) is 24.8 Å². The fourth-order valence-corrected chi connectivity index (χ4v) is 3.71. The van der Waals surface area contributed by atoms with Gasteiger partial charge >= 0.3 is 0 Å². The summed E-state index contributed by atoms with van der Waals surface area (Å²) in [7, 11) is 3.09. The van der Waals surface area contributed by atoms with E-state index in [1.54, 1.807) is 31.4 Å². The number of nitrogens with zero attached hydrogens (tertiary/aromatic N) is 2. The highest BCUT2D eigenvalue weighted by atomic mass is 16.6. The lowest BCUT2D eigenvalue weighted by Gasteiger charge is -2.17. The zero-order valence-corrected chi connectivity index (χ0v) is 15.4. The second-order valence-corrected chi connectivity index (χ2v) is 6.56. The van der Waals surface area contributed by atoms with Crippen LogP contribution in [0.25, 0.3) is 5.69 Å². The van der Waals surface area contributed by atoms with Crippen LogP contribution >= 0.6 is 0 Å². The number of hydrogen-bond donors (Lipinski definition) is 0. The van der Waals surface area contributed by atoms with E-state index >= 15 is 0 Å². The van der Waals surface area contributed by atoms with Crippen molar-refractivity contribution in [3.05, 3.63) is 81.7 Å². The highest BCUT2D eigenvalue weighted by Gasteiger charge is 2.30. The van der Waals surface area contributed by atoms with Crippen molar-refractivity contribution in [3.8, 4) is 17.2 Å². The number of Topliss-reactive ketones (excluding diaryl/α,β-unsaturated/α-hetero) is 1. The number of carbonyl (C=O) groups is 1. The molecule has 1 aliphatic rings. The maximum Gasteiger partial charge on any atom is 0.269 e. The summed E-state index contributed by atoms with van der Waals surface area (Å²) in [6.45, 7) is 0. The predicted octanol–water partition coefficient (Wildman–Crippen LogP) is 4.12. The van der Waals surface area contributed by atoms with Crippen molar-refractivity contribution in [1.82, 2.24) is 4.57 Å². The minimum atomic E-state index is -0.431. The van der Waals surface area contributed by atoms with E-state index in [0.717, 1.165) is 16.9 Å². The van der Waals surface area contributed by atoms with E-state index in [4.69, 9.17) is 9.47 Å². The Balaban J connectivity index is 1.86. The average Bonchev–Trinajstić information content (AvgIpc) is 3.16. The summed E-state index contributed by atoms with van der Waals surface area (Å²) in [6, 6.07) is 13.8. The molecule has 0 saturated heterocycles. The normalized spacial score (nSPS) is 15.4. The number of nitro benzene ring substituents is 1. The van der Waals surface area contributed by atoms with Crippen LogP contribution in [0.4, 0.5) is 5.69 Å². The lowest BCUT2D eigenvalue weighted by molar-refractivity contribution is -0.384. The van der Waals surface area contributed by atoms with Gasteiger partial charge in [0.2, 0.25) is 0 Å². The summed E-state index contributed by atoms with van der Waals surface area (Å²) >= 11 is 0. The van der Waals surface area contributed by atoms with Crippen molar-refractivity contribution in [2.75, 3.05) is 14.2 Å². The lowest BCUT2D eigenvalue weighted by atomic mass is 9.90. The molecule has 7 heteroatoms. The second-order valence-electron chi connectivity index (χ2n) is 6.56. The van der Waals surface area contributed by atoms with Crippen LogP contribution < -0.4 is 9.47 Å². The number of ether oxygens (including phenoxy) is 2. The summed E-state index contributed by atoms with van der Waals surface area (Å²) < 4.78 is 12.7. The van der Waals surface area contributed by atoms with E-state index in [0.29, 0.717) is 17.1 Å². The molecule has 0 unspecified atom stereocenters. The molecule has 28 heavy (non-hydrogen) atoms. The zero-order valence-electron chi connectivity index (χ0n) is 15.4. The van der Waals surface area contributed by atoms with Crippen LogP contribution in [0.15, 0.2) is 54.7 Å². The molecule has 4 rings (SSSR count). The van der Waals surface area contributed by atoms with E-state index < -0.39 is 4.92 Å². The molecule has 1 atom stereocenters. The molecule has 7 nitrogen and oxygen atoms in total. The highest BCUT2D eigenvalue weighted by Crippen LogP contribution is 2.40. The number of aromatic nitrogens is 1. The van der Waals surface area contributed by atoms with Gasteiger partial charge in [0.1, 0.15) is 0 Å². The van der Waals surface area contributed by atoms with Gasteiger partial charge in [-0.25, -0.2) is 0 Å². The number of nitro groups is 1. The second kappa shape index (κ2) is 6.84. The first kappa shape index (κ1) is 17.8. The van der Waals surface area contributed by atoms with Gasteiger partial charge in [-0.1, -0.05) is 12.1 Å². The SMILES string of the molecule is COc1cc2c(cc1OC)-n1cccc1[C@@H](c1ccc([N+](=O)[O-])cc1)CC2=O. The Morgan fingerprint density at radius 1 is 1.07 bits per heavy atom. The Labute approximate surface area is 161 Å². The molecule has 1 aliphatic heterocycles. The molecular formula is C21H18N2O5. The molecule has 2 aromatic carbocycles. The van der Waals surface area contributed by atoms with Crippen molar-refractivity contribution in [2.24, 2.45) is 0 Å². The predicted molar refractivity (Wildman–Crippen MR) is 103 cm³/mol. The molecule has 2 heterocycles. The van der Waals surface area contributed by atoms with Crippen molar-refractivity contribution in [3.63, 3.8) is 0 Å². The summed E-state index contributed by atoms with van der Waals surface area (Å²) in [5.74, 6) is 0.801. The summed E-state index contributed by atoms with van der Waals surface area (Å²) in [5, 5.41) is 10.9. The van der Waals surface area contributed by atoms with Gasteiger partial charge in [0.25, 0.3) is 5.69 Å². The smallest absolute Gasteiger partial charge is 0.269 e. The van der Waals surface area contributed by atoms with E-state index in [9.17, 15) is 14.9 Å². The number of ketones is 1. The number of benzene rings is 2. The van der Waals surface area contributed by atoms with Crippen molar-refractivity contribution in [1.29, 1.82) is 0 Å². The minimum absolute atomic E-state index is 0.0249. The van der Waals surface area contributed by atoms with E-state index in [1.165, 1.54) is 19.2 Å². The minimum Gasteiger partial charge on any atom is -0.493 e. The Kier molecular flexibility index (Phi) is 4.35. The van der Waals surface area contributed by atoms with Crippen molar-refractivity contribution >= 4 is 11.5 Å². The fraction of sp³-hybridized carbons (Fsp3) is 0.190.